The number of ketones is 1. The lowest BCUT2D eigenvalue weighted by molar-refractivity contribution is -0.192. The van der Waals surface area contributed by atoms with E-state index in [1.807, 2.05) is 36.4 Å². The van der Waals surface area contributed by atoms with Crippen LogP contribution in [0.15, 0.2) is 65.8 Å². The van der Waals surface area contributed by atoms with Crippen LogP contribution in [0.2, 0.25) is 0 Å². The molecule has 0 bridgehead atoms. The lowest BCUT2D eigenvalue weighted by Gasteiger charge is -2.55. The highest BCUT2D eigenvalue weighted by Gasteiger charge is 2.75. The maximum Gasteiger partial charge on any atom is 0.264 e. The average Bonchev–Trinajstić information content (AvgIpc) is 3.50. The molecule has 0 amide bonds. The average molecular weight is 433 g/mol. The maximum atomic E-state index is 12.2. The van der Waals surface area contributed by atoms with E-state index >= 15 is 0 Å². The van der Waals surface area contributed by atoms with Crippen molar-refractivity contribution in [1.82, 2.24) is 0 Å². The van der Waals surface area contributed by atoms with E-state index in [1.165, 1.54) is 11.1 Å². The molecule has 2 unspecified atom stereocenters. The van der Waals surface area contributed by atoms with E-state index < -0.39 is 11.4 Å². The Morgan fingerprint density at radius 2 is 1.91 bits per heavy atom. The van der Waals surface area contributed by atoms with Crippen LogP contribution in [-0.4, -0.2) is 28.9 Å². The number of hydrogen-bond donors (Lipinski definition) is 1. The monoisotopic (exact) mass is 432 g/mol. The molecule has 168 valence electrons. The van der Waals surface area contributed by atoms with Gasteiger partial charge in [0.05, 0.1) is 0 Å². The van der Waals surface area contributed by atoms with E-state index in [2.05, 4.69) is 32.9 Å². The molecule has 3 fully saturated rings. The zero-order valence-electron chi connectivity index (χ0n) is 19.1. The second kappa shape index (κ2) is 6.45. The van der Waals surface area contributed by atoms with Gasteiger partial charge in [-0.2, -0.15) is 0 Å². The molecule has 1 aromatic rings. The summed E-state index contributed by atoms with van der Waals surface area (Å²) in [7, 11) is 0. The van der Waals surface area contributed by atoms with Gasteiger partial charge in [-0.3, -0.25) is 4.79 Å². The highest BCUT2D eigenvalue weighted by molar-refractivity contribution is 6.01. The van der Waals surface area contributed by atoms with E-state index in [1.54, 1.807) is 6.08 Å². The number of carbonyl (C=O) groups is 1. The Labute approximate surface area is 190 Å². The molecule has 4 heteroatoms. The van der Waals surface area contributed by atoms with Crippen molar-refractivity contribution in [2.24, 2.45) is 28.6 Å². The largest absolute Gasteiger partial charge is 0.457 e. The van der Waals surface area contributed by atoms with Crippen molar-refractivity contribution >= 4 is 5.78 Å². The topological polar surface area (TPSA) is 59.1 Å². The summed E-state index contributed by atoms with van der Waals surface area (Å²) in [5.74, 6) is 0.979. The number of ether oxygens (including phenoxy) is 2. The van der Waals surface area contributed by atoms with E-state index in [9.17, 15) is 9.90 Å². The highest BCUT2D eigenvalue weighted by Crippen LogP contribution is 2.69. The van der Waals surface area contributed by atoms with Gasteiger partial charge in [0.2, 0.25) is 0 Å². The molecular formula is C28H32O4. The van der Waals surface area contributed by atoms with Gasteiger partial charge in [0, 0.05) is 10.8 Å². The van der Waals surface area contributed by atoms with Crippen LogP contribution in [-0.2, 0) is 9.53 Å². The number of para-hydroxylation sites is 1. The number of rotatable bonds is 3. The van der Waals surface area contributed by atoms with E-state index in [0.29, 0.717) is 30.8 Å². The normalized spacial score (nSPS) is 46.5. The predicted molar refractivity (Wildman–Crippen MR) is 122 cm³/mol. The van der Waals surface area contributed by atoms with Gasteiger partial charge in [0.1, 0.15) is 18.0 Å². The zero-order valence-corrected chi connectivity index (χ0v) is 19.1. The lowest BCUT2D eigenvalue weighted by atomic mass is 9.49. The second-order valence-electron chi connectivity index (χ2n) is 11.0. The van der Waals surface area contributed by atoms with Gasteiger partial charge in [-0.1, -0.05) is 49.8 Å². The minimum Gasteiger partial charge on any atom is -0.457 e. The number of aliphatic hydroxyl groups is 1. The van der Waals surface area contributed by atoms with Crippen LogP contribution in [0.25, 0.3) is 0 Å². The molecule has 7 atom stereocenters. The number of allylic oxidation sites excluding steroid dienone is 6. The van der Waals surface area contributed by atoms with E-state index in [0.717, 1.165) is 25.0 Å². The van der Waals surface area contributed by atoms with Crippen molar-refractivity contribution in [2.45, 2.75) is 57.8 Å². The first kappa shape index (κ1) is 20.4. The minimum atomic E-state index is -1.04. The molecule has 1 aromatic carbocycles. The number of epoxide rings is 1. The van der Waals surface area contributed by atoms with Crippen molar-refractivity contribution in [3.63, 3.8) is 0 Å². The Morgan fingerprint density at radius 1 is 1.16 bits per heavy atom. The Kier molecular flexibility index (Phi) is 4.12. The molecule has 0 aromatic heterocycles. The summed E-state index contributed by atoms with van der Waals surface area (Å²) in [6.45, 7) is 7.19. The van der Waals surface area contributed by atoms with Crippen LogP contribution in [0.3, 0.4) is 0 Å². The van der Waals surface area contributed by atoms with Gasteiger partial charge < -0.3 is 14.6 Å². The fraction of sp³-hybridized carbons (Fsp3) is 0.536. The molecule has 0 radical (unpaired) electrons. The van der Waals surface area contributed by atoms with Crippen LogP contribution in [0.1, 0.15) is 46.5 Å². The number of hydrogen-bond acceptors (Lipinski definition) is 4. The second-order valence-corrected chi connectivity index (χ2v) is 11.0. The smallest absolute Gasteiger partial charge is 0.264 e. The molecule has 1 N–H and O–H groups in total. The van der Waals surface area contributed by atoms with Gasteiger partial charge in [0.25, 0.3) is 5.79 Å². The van der Waals surface area contributed by atoms with E-state index in [-0.39, 0.29) is 16.6 Å². The Morgan fingerprint density at radius 3 is 2.62 bits per heavy atom. The summed E-state index contributed by atoms with van der Waals surface area (Å²) in [5.41, 5.74) is 1.14. The van der Waals surface area contributed by atoms with Gasteiger partial charge >= 0.3 is 0 Å². The minimum absolute atomic E-state index is 0.102. The third-order valence-corrected chi connectivity index (χ3v) is 9.49. The quantitative estimate of drug-likeness (QED) is 0.540. The van der Waals surface area contributed by atoms with Crippen molar-refractivity contribution in [3.8, 4) is 5.75 Å². The molecule has 5 aliphatic rings. The molecule has 4 nitrogen and oxygen atoms in total. The summed E-state index contributed by atoms with van der Waals surface area (Å²) >= 11 is 0. The molecule has 0 spiro atoms. The molecule has 6 rings (SSSR count). The van der Waals surface area contributed by atoms with Crippen molar-refractivity contribution in [2.75, 3.05) is 6.61 Å². The molecule has 2 saturated carbocycles. The molecule has 1 saturated heterocycles. The van der Waals surface area contributed by atoms with Gasteiger partial charge in [-0.25, -0.2) is 0 Å². The van der Waals surface area contributed by atoms with Gasteiger partial charge in [-0.15, -0.1) is 0 Å². The standard InChI is InChI=1S/C28H32O4/c1-18-15-21-22(25(2)12-9-19(29)16-24(18)25)10-13-26(3)23(21)11-14-27(26,30)28(17-31-28)32-20-7-5-4-6-8-20/h4-10,12,16,18,21,23,30H,11,13-15,17H2,1-3H3/t18?,21-,23+,25-,26+,27-,28?/m1/s1. The predicted octanol–water partition coefficient (Wildman–Crippen LogP) is 5.00. The summed E-state index contributed by atoms with van der Waals surface area (Å²) in [6, 6.07) is 9.70. The summed E-state index contributed by atoms with van der Waals surface area (Å²) in [4.78, 5) is 12.1. The van der Waals surface area contributed by atoms with Crippen molar-refractivity contribution in [1.29, 1.82) is 0 Å². The van der Waals surface area contributed by atoms with Crippen LogP contribution in [0, 0.1) is 28.6 Å². The molecular weight excluding hydrogens is 400 g/mol. The van der Waals surface area contributed by atoms with Crippen molar-refractivity contribution in [3.05, 3.63) is 65.8 Å². The number of fused-ring (bicyclic) bond motifs is 5. The molecule has 32 heavy (non-hydrogen) atoms. The van der Waals surface area contributed by atoms with Crippen LogP contribution >= 0.6 is 0 Å². The SMILES string of the molecule is CC1C[C@@H]2C(=CC[C@@]3(C)[C@H]2CC[C@]3(O)C2(Oc3ccccc3)CO2)[C@@]2(C)C=CC(=O)C=C12. The fourth-order valence-electron chi connectivity index (χ4n) is 7.69. The summed E-state index contributed by atoms with van der Waals surface area (Å²) in [6.07, 6.45) is 11.5. The Bertz CT molecular complexity index is 1060. The first-order chi connectivity index (χ1) is 15.2. The van der Waals surface area contributed by atoms with Crippen molar-refractivity contribution < 1.29 is 19.4 Å². The third-order valence-electron chi connectivity index (χ3n) is 9.49. The lowest BCUT2D eigenvalue weighted by Crippen LogP contribution is -2.60. The van der Waals surface area contributed by atoms with Crippen LogP contribution < -0.4 is 4.74 Å². The summed E-state index contributed by atoms with van der Waals surface area (Å²) in [5, 5.41) is 12.2. The van der Waals surface area contributed by atoms with Gasteiger partial charge in [0.15, 0.2) is 5.78 Å². The fourth-order valence-corrected chi connectivity index (χ4v) is 7.69. The molecule has 4 aliphatic carbocycles. The maximum absolute atomic E-state index is 12.2. The number of benzene rings is 1. The summed E-state index contributed by atoms with van der Waals surface area (Å²) < 4.78 is 12.3. The molecule has 1 aliphatic heterocycles. The zero-order chi connectivity index (χ0) is 22.4. The molecule has 1 heterocycles. The van der Waals surface area contributed by atoms with Crippen LogP contribution in [0.4, 0.5) is 0 Å². The third kappa shape index (κ3) is 2.48. The Balaban J connectivity index is 1.38. The number of carbonyl (C=O) groups excluding carboxylic acids is 1. The van der Waals surface area contributed by atoms with Crippen LogP contribution in [0.5, 0.6) is 5.75 Å². The van der Waals surface area contributed by atoms with E-state index in [4.69, 9.17) is 9.47 Å². The van der Waals surface area contributed by atoms with Gasteiger partial charge in [-0.05, 0) is 80.2 Å². The highest BCUT2D eigenvalue weighted by atomic mass is 16.8. The first-order valence-electron chi connectivity index (χ1n) is 12.0. The first-order valence-corrected chi connectivity index (χ1v) is 12.0. The Hall–Kier alpha value is -2.17.